The van der Waals surface area contributed by atoms with Crippen LogP contribution in [0.3, 0.4) is 0 Å². The van der Waals surface area contributed by atoms with Gasteiger partial charge in [0.1, 0.15) is 5.76 Å². The van der Waals surface area contributed by atoms with Gasteiger partial charge in [-0.05, 0) is 39.7 Å². The van der Waals surface area contributed by atoms with Gasteiger partial charge in [0.25, 0.3) is 5.91 Å². The second kappa shape index (κ2) is 7.77. The molecule has 0 bridgehead atoms. The normalized spacial score (nSPS) is 17.6. The summed E-state index contributed by atoms with van der Waals surface area (Å²) in [6.45, 7) is 6.03. The molecule has 2 aromatic rings. The Morgan fingerprint density at radius 1 is 1.44 bits per heavy atom. The van der Waals surface area contributed by atoms with Crippen molar-refractivity contribution in [1.29, 1.82) is 0 Å². The number of amides is 1. The number of aromatic nitrogens is 4. The monoisotopic (exact) mass is 346 g/mol. The summed E-state index contributed by atoms with van der Waals surface area (Å²) >= 11 is 0. The third-order valence-electron chi connectivity index (χ3n) is 4.80. The number of aryl methyl sites for hydroxylation is 3. The molecule has 3 rings (SSSR count). The summed E-state index contributed by atoms with van der Waals surface area (Å²) in [5.41, 5.74) is 2.11. The fraction of sp³-hybridized carbons (Fsp3) is 0.647. The Kier molecular flexibility index (Phi) is 5.47. The van der Waals surface area contributed by atoms with Crippen molar-refractivity contribution in [3.05, 3.63) is 28.9 Å². The highest BCUT2D eigenvalue weighted by atomic mass is 16.5. The molecule has 1 N–H and O–H groups in total. The molecule has 1 unspecified atom stereocenters. The van der Waals surface area contributed by atoms with E-state index in [-0.39, 0.29) is 5.91 Å². The quantitative estimate of drug-likeness (QED) is 0.856. The number of carbonyl (C=O) groups is 1. The molecule has 0 spiro atoms. The third kappa shape index (κ3) is 4.25. The molecule has 25 heavy (non-hydrogen) atoms. The van der Waals surface area contributed by atoms with Crippen molar-refractivity contribution in [2.75, 3.05) is 13.6 Å². The van der Waals surface area contributed by atoms with Crippen LogP contribution >= 0.6 is 0 Å². The first-order valence-electron chi connectivity index (χ1n) is 8.85. The van der Waals surface area contributed by atoms with Gasteiger partial charge in [-0.3, -0.25) is 9.48 Å². The Morgan fingerprint density at radius 3 is 2.96 bits per heavy atom. The highest BCUT2D eigenvalue weighted by molar-refractivity contribution is 5.91. The van der Waals surface area contributed by atoms with E-state index in [4.69, 9.17) is 4.52 Å². The van der Waals surface area contributed by atoms with Crippen LogP contribution in [-0.2, 0) is 13.1 Å². The zero-order chi connectivity index (χ0) is 17.8. The lowest BCUT2D eigenvalue weighted by molar-refractivity contribution is 0.0778. The maximum atomic E-state index is 12.6. The van der Waals surface area contributed by atoms with E-state index in [0.717, 1.165) is 36.5 Å². The number of rotatable bonds is 6. The van der Waals surface area contributed by atoms with E-state index >= 15 is 0 Å². The molecular formula is C17H26N6O2. The van der Waals surface area contributed by atoms with Crippen molar-refractivity contribution in [1.82, 2.24) is 30.4 Å². The second-order valence-electron chi connectivity index (χ2n) is 6.77. The number of piperidine rings is 1. The van der Waals surface area contributed by atoms with Crippen molar-refractivity contribution in [3.63, 3.8) is 0 Å². The van der Waals surface area contributed by atoms with Gasteiger partial charge < -0.3 is 14.7 Å². The van der Waals surface area contributed by atoms with Crippen molar-refractivity contribution in [3.8, 4) is 0 Å². The molecule has 136 valence electrons. The van der Waals surface area contributed by atoms with Gasteiger partial charge in [0.2, 0.25) is 0 Å². The van der Waals surface area contributed by atoms with Gasteiger partial charge in [-0.15, -0.1) is 5.10 Å². The molecular weight excluding hydrogens is 320 g/mol. The predicted molar refractivity (Wildman–Crippen MR) is 92.1 cm³/mol. The van der Waals surface area contributed by atoms with E-state index in [2.05, 4.69) is 20.8 Å². The molecule has 0 aromatic carbocycles. The highest BCUT2D eigenvalue weighted by Gasteiger charge is 2.20. The van der Waals surface area contributed by atoms with E-state index in [1.165, 1.54) is 19.3 Å². The molecule has 1 aliphatic heterocycles. The standard InChI is InChI=1S/C17H26N6O2/c1-12-15(13(2)25-20-12)10-22(3)17(24)16-11-23(21-19-16)9-7-14-6-4-5-8-18-14/h11,14,18H,4-10H2,1-3H3. The third-order valence-corrected chi connectivity index (χ3v) is 4.80. The molecule has 0 aliphatic carbocycles. The predicted octanol–water partition coefficient (Wildman–Crippen LogP) is 1.69. The Morgan fingerprint density at radius 2 is 2.28 bits per heavy atom. The van der Waals surface area contributed by atoms with E-state index in [0.29, 0.717) is 18.3 Å². The zero-order valence-corrected chi connectivity index (χ0v) is 15.2. The van der Waals surface area contributed by atoms with Crippen LogP contribution in [0, 0.1) is 13.8 Å². The van der Waals surface area contributed by atoms with E-state index < -0.39 is 0 Å². The summed E-state index contributed by atoms with van der Waals surface area (Å²) in [7, 11) is 1.75. The number of nitrogens with zero attached hydrogens (tertiary/aromatic N) is 5. The summed E-state index contributed by atoms with van der Waals surface area (Å²) < 4.78 is 6.91. The molecule has 1 saturated heterocycles. The van der Waals surface area contributed by atoms with Gasteiger partial charge in [-0.2, -0.15) is 0 Å². The summed E-state index contributed by atoms with van der Waals surface area (Å²) in [6, 6.07) is 0.541. The molecule has 1 atom stereocenters. The lowest BCUT2D eigenvalue weighted by atomic mass is 10.0. The number of hydrogen-bond acceptors (Lipinski definition) is 6. The van der Waals surface area contributed by atoms with Crippen molar-refractivity contribution in [2.24, 2.45) is 0 Å². The molecule has 0 saturated carbocycles. The van der Waals surface area contributed by atoms with Gasteiger partial charge in [0.15, 0.2) is 5.69 Å². The smallest absolute Gasteiger partial charge is 0.276 e. The molecule has 8 heteroatoms. The van der Waals surface area contributed by atoms with Gasteiger partial charge >= 0.3 is 0 Å². The first-order chi connectivity index (χ1) is 12.0. The Balaban J connectivity index is 1.56. The van der Waals surface area contributed by atoms with Crippen LogP contribution in [-0.4, -0.2) is 50.6 Å². The van der Waals surface area contributed by atoms with Crippen LogP contribution < -0.4 is 5.32 Å². The average molecular weight is 346 g/mol. The lowest BCUT2D eigenvalue weighted by Crippen LogP contribution is -2.34. The minimum atomic E-state index is -0.151. The Bertz CT molecular complexity index is 697. The van der Waals surface area contributed by atoms with Gasteiger partial charge in [-0.25, -0.2) is 0 Å². The van der Waals surface area contributed by atoms with Crippen LogP contribution in [0.25, 0.3) is 0 Å². The minimum absolute atomic E-state index is 0.151. The summed E-state index contributed by atoms with van der Waals surface area (Å²) in [5, 5.41) is 15.6. The van der Waals surface area contributed by atoms with E-state index in [1.807, 2.05) is 13.8 Å². The largest absolute Gasteiger partial charge is 0.361 e. The van der Waals surface area contributed by atoms with Crippen LogP contribution in [0.15, 0.2) is 10.7 Å². The summed E-state index contributed by atoms with van der Waals surface area (Å²) in [5.74, 6) is 0.586. The number of carbonyl (C=O) groups excluding carboxylic acids is 1. The van der Waals surface area contributed by atoms with E-state index in [9.17, 15) is 4.79 Å². The fourth-order valence-corrected chi connectivity index (χ4v) is 3.20. The van der Waals surface area contributed by atoms with E-state index in [1.54, 1.807) is 22.8 Å². The van der Waals surface area contributed by atoms with Gasteiger partial charge in [0, 0.05) is 25.2 Å². The van der Waals surface area contributed by atoms with Crippen LogP contribution in [0.4, 0.5) is 0 Å². The number of hydrogen-bond donors (Lipinski definition) is 1. The minimum Gasteiger partial charge on any atom is -0.361 e. The lowest BCUT2D eigenvalue weighted by Gasteiger charge is -2.23. The molecule has 1 fully saturated rings. The second-order valence-corrected chi connectivity index (χ2v) is 6.77. The maximum Gasteiger partial charge on any atom is 0.276 e. The van der Waals surface area contributed by atoms with Crippen LogP contribution in [0.5, 0.6) is 0 Å². The van der Waals surface area contributed by atoms with Crippen molar-refractivity contribution in [2.45, 2.75) is 58.7 Å². The molecule has 1 amide bonds. The number of nitrogens with one attached hydrogen (secondary N) is 1. The van der Waals surface area contributed by atoms with Crippen molar-refractivity contribution >= 4 is 5.91 Å². The Labute approximate surface area is 147 Å². The molecule has 3 heterocycles. The first-order valence-corrected chi connectivity index (χ1v) is 8.85. The van der Waals surface area contributed by atoms with Crippen LogP contribution in [0.1, 0.15) is 53.2 Å². The fourth-order valence-electron chi connectivity index (χ4n) is 3.20. The SMILES string of the molecule is Cc1noc(C)c1CN(C)C(=O)c1cn(CCC2CCCCN2)nn1. The van der Waals surface area contributed by atoms with Gasteiger partial charge in [-0.1, -0.05) is 16.8 Å². The molecule has 8 nitrogen and oxygen atoms in total. The van der Waals surface area contributed by atoms with Gasteiger partial charge in [0.05, 0.1) is 18.4 Å². The van der Waals surface area contributed by atoms with Crippen LogP contribution in [0.2, 0.25) is 0 Å². The van der Waals surface area contributed by atoms with Crippen molar-refractivity contribution < 1.29 is 9.32 Å². The maximum absolute atomic E-state index is 12.6. The highest BCUT2D eigenvalue weighted by Crippen LogP contribution is 2.15. The molecule has 2 aromatic heterocycles. The zero-order valence-electron chi connectivity index (χ0n) is 15.2. The molecule has 0 radical (unpaired) electrons. The summed E-state index contributed by atoms with van der Waals surface area (Å²) in [4.78, 5) is 14.2. The average Bonchev–Trinajstić information content (AvgIpc) is 3.22. The molecule has 1 aliphatic rings. The topological polar surface area (TPSA) is 89.1 Å². The summed E-state index contributed by atoms with van der Waals surface area (Å²) in [6.07, 6.45) is 6.49. The Hall–Kier alpha value is -2.22. The first kappa shape index (κ1) is 17.6.